The molecule has 0 spiro atoms. The van der Waals surface area contributed by atoms with Crippen LogP contribution in [-0.4, -0.2) is 13.1 Å². The van der Waals surface area contributed by atoms with Gasteiger partial charge in [-0.3, -0.25) is 0 Å². The minimum absolute atomic E-state index is 0.149. The molecule has 0 radical (unpaired) electrons. The van der Waals surface area contributed by atoms with Gasteiger partial charge in [-0.15, -0.1) is 0 Å². The SMILES string of the molecule is CCN(c1ccc(C)cc1)C(CN)c1ccccc1F. The molecule has 0 saturated heterocycles. The van der Waals surface area contributed by atoms with E-state index in [9.17, 15) is 4.39 Å². The predicted octanol–water partition coefficient (Wildman–Crippen LogP) is 3.66. The Bertz CT molecular complexity index is 551. The molecule has 2 N–H and O–H groups in total. The predicted molar refractivity (Wildman–Crippen MR) is 82.4 cm³/mol. The number of hydrogen-bond donors (Lipinski definition) is 1. The number of benzene rings is 2. The van der Waals surface area contributed by atoms with Gasteiger partial charge < -0.3 is 10.6 Å². The van der Waals surface area contributed by atoms with Crippen LogP contribution in [0.4, 0.5) is 10.1 Å². The first-order chi connectivity index (χ1) is 9.67. The fraction of sp³-hybridized carbons (Fsp3) is 0.294. The van der Waals surface area contributed by atoms with Gasteiger partial charge in [0, 0.05) is 24.3 Å². The van der Waals surface area contributed by atoms with Crippen molar-refractivity contribution in [2.75, 3.05) is 18.0 Å². The van der Waals surface area contributed by atoms with Gasteiger partial charge in [-0.05, 0) is 32.0 Å². The molecular weight excluding hydrogens is 251 g/mol. The normalized spacial score (nSPS) is 12.2. The third kappa shape index (κ3) is 2.99. The average molecular weight is 272 g/mol. The van der Waals surface area contributed by atoms with Gasteiger partial charge in [0.25, 0.3) is 0 Å². The second kappa shape index (κ2) is 6.53. The number of rotatable bonds is 5. The maximum atomic E-state index is 14.0. The van der Waals surface area contributed by atoms with E-state index in [0.717, 1.165) is 12.2 Å². The highest BCUT2D eigenvalue weighted by Crippen LogP contribution is 2.28. The van der Waals surface area contributed by atoms with Crippen LogP contribution in [0.1, 0.15) is 24.1 Å². The largest absolute Gasteiger partial charge is 0.363 e. The molecule has 0 fully saturated rings. The Kier molecular flexibility index (Phi) is 4.74. The Morgan fingerprint density at radius 2 is 1.75 bits per heavy atom. The van der Waals surface area contributed by atoms with Crippen LogP contribution >= 0.6 is 0 Å². The van der Waals surface area contributed by atoms with Gasteiger partial charge in [0.15, 0.2) is 0 Å². The lowest BCUT2D eigenvalue weighted by Gasteiger charge is -2.32. The van der Waals surface area contributed by atoms with E-state index in [1.165, 1.54) is 11.6 Å². The number of hydrogen-bond acceptors (Lipinski definition) is 2. The van der Waals surface area contributed by atoms with Crippen LogP contribution in [0.2, 0.25) is 0 Å². The summed E-state index contributed by atoms with van der Waals surface area (Å²) in [4.78, 5) is 2.14. The average Bonchev–Trinajstić information content (AvgIpc) is 2.47. The zero-order valence-corrected chi connectivity index (χ0v) is 12.0. The van der Waals surface area contributed by atoms with Crippen LogP contribution in [0.15, 0.2) is 48.5 Å². The number of halogens is 1. The molecule has 20 heavy (non-hydrogen) atoms. The lowest BCUT2D eigenvalue weighted by atomic mass is 10.0. The number of likely N-dealkylation sites (N-methyl/N-ethyl adjacent to an activating group) is 1. The molecule has 0 aliphatic rings. The number of nitrogens with zero attached hydrogens (tertiary/aromatic N) is 1. The van der Waals surface area contributed by atoms with Gasteiger partial charge >= 0.3 is 0 Å². The van der Waals surface area contributed by atoms with Crippen LogP contribution in [0.25, 0.3) is 0 Å². The summed E-state index contributed by atoms with van der Waals surface area (Å²) >= 11 is 0. The molecule has 0 saturated carbocycles. The van der Waals surface area contributed by atoms with E-state index in [1.54, 1.807) is 6.07 Å². The van der Waals surface area contributed by atoms with Gasteiger partial charge in [0.1, 0.15) is 5.82 Å². The van der Waals surface area contributed by atoms with E-state index in [4.69, 9.17) is 5.73 Å². The van der Waals surface area contributed by atoms with Crippen LogP contribution in [0.5, 0.6) is 0 Å². The Labute approximate surface area is 120 Å². The second-order valence-corrected chi connectivity index (χ2v) is 4.89. The maximum absolute atomic E-state index is 14.0. The summed E-state index contributed by atoms with van der Waals surface area (Å²) in [7, 11) is 0. The number of anilines is 1. The minimum atomic E-state index is -0.200. The van der Waals surface area contributed by atoms with E-state index in [-0.39, 0.29) is 11.9 Å². The Balaban J connectivity index is 2.38. The smallest absolute Gasteiger partial charge is 0.128 e. The first kappa shape index (κ1) is 14.5. The van der Waals surface area contributed by atoms with Gasteiger partial charge in [-0.25, -0.2) is 4.39 Å². The Hall–Kier alpha value is -1.87. The summed E-state index contributed by atoms with van der Waals surface area (Å²) in [6.07, 6.45) is 0. The fourth-order valence-corrected chi connectivity index (χ4v) is 2.49. The highest BCUT2D eigenvalue weighted by molar-refractivity contribution is 5.50. The number of aryl methyl sites for hydroxylation is 1. The Morgan fingerprint density at radius 3 is 2.30 bits per heavy atom. The second-order valence-electron chi connectivity index (χ2n) is 4.89. The first-order valence-corrected chi connectivity index (χ1v) is 6.95. The quantitative estimate of drug-likeness (QED) is 0.900. The molecule has 1 atom stereocenters. The van der Waals surface area contributed by atoms with Gasteiger partial charge in [-0.2, -0.15) is 0 Å². The van der Waals surface area contributed by atoms with E-state index in [1.807, 2.05) is 12.1 Å². The van der Waals surface area contributed by atoms with Gasteiger partial charge in [-0.1, -0.05) is 35.9 Å². The topological polar surface area (TPSA) is 29.3 Å². The molecule has 2 rings (SSSR count). The highest BCUT2D eigenvalue weighted by Gasteiger charge is 2.20. The zero-order valence-electron chi connectivity index (χ0n) is 12.0. The van der Waals surface area contributed by atoms with Crippen molar-refractivity contribution in [3.05, 3.63) is 65.5 Å². The van der Waals surface area contributed by atoms with Crippen molar-refractivity contribution in [1.29, 1.82) is 0 Å². The Morgan fingerprint density at radius 1 is 1.10 bits per heavy atom. The third-order valence-corrected chi connectivity index (χ3v) is 3.57. The fourth-order valence-electron chi connectivity index (χ4n) is 2.49. The molecule has 0 aliphatic heterocycles. The molecule has 0 aromatic heterocycles. The molecule has 1 unspecified atom stereocenters. The van der Waals surface area contributed by atoms with Crippen LogP contribution < -0.4 is 10.6 Å². The molecule has 2 aromatic carbocycles. The molecule has 0 heterocycles. The molecule has 0 aliphatic carbocycles. The lowest BCUT2D eigenvalue weighted by molar-refractivity contribution is 0.562. The van der Waals surface area contributed by atoms with E-state index >= 15 is 0 Å². The molecule has 0 bridgehead atoms. The van der Waals surface area contributed by atoms with Crippen molar-refractivity contribution in [3.8, 4) is 0 Å². The van der Waals surface area contributed by atoms with Crippen molar-refractivity contribution in [2.24, 2.45) is 5.73 Å². The van der Waals surface area contributed by atoms with E-state index in [2.05, 4.69) is 43.0 Å². The first-order valence-electron chi connectivity index (χ1n) is 6.95. The summed E-state index contributed by atoms with van der Waals surface area (Å²) in [5.74, 6) is -0.200. The molecule has 0 amide bonds. The molecule has 2 nitrogen and oxygen atoms in total. The molecular formula is C17H21FN2. The maximum Gasteiger partial charge on any atom is 0.128 e. The number of nitrogens with two attached hydrogens (primary N) is 1. The van der Waals surface area contributed by atoms with Gasteiger partial charge in [0.05, 0.1) is 6.04 Å². The van der Waals surface area contributed by atoms with E-state index < -0.39 is 0 Å². The summed E-state index contributed by atoms with van der Waals surface area (Å²) in [6.45, 7) is 5.27. The van der Waals surface area contributed by atoms with Crippen LogP contribution in [0, 0.1) is 12.7 Å². The summed E-state index contributed by atoms with van der Waals surface area (Å²) in [5, 5.41) is 0. The summed E-state index contributed by atoms with van der Waals surface area (Å²) in [5.41, 5.74) is 8.83. The molecule has 106 valence electrons. The lowest BCUT2D eigenvalue weighted by Crippen LogP contribution is -2.34. The standard InChI is InChI=1S/C17H21FN2/c1-3-20(14-10-8-13(2)9-11-14)17(12-19)15-6-4-5-7-16(15)18/h4-11,17H,3,12,19H2,1-2H3. The van der Waals surface area contributed by atoms with Gasteiger partial charge in [0.2, 0.25) is 0 Å². The van der Waals surface area contributed by atoms with Crippen molar-refractivity contribution >= 4 is 5.69 Å². The molecule has 3 heteroatoms. The van der Waals surface area contributed by atoms with Crippen LogP contribution in [-0.2, 0) is 0 Å². The van der Waals surface area contributed by atoms with Crippen molar-refractivity contribution in [1.82, 2.24) is 0 Å². The molecule has 2 aromatic rings. The minimum Gasteiger partial charge on any atom is -0.363 e. The monoisotopic (exact) mass is 272 g/mol. The van der Waals surface area contributed by atoms with Crippen molar-refractivity contribution in [2.45, 2.75) is 19.9 Å². The van der Waals surface area contributed by atoms with Crippen LogP contribution in [0.3, 0.4) is 0 Å². The summed E-state index contributed by atoms with van der Waals surface area (Å²) in [6, 6.07) is 14.9. The van der Waals surface area contributed by atoms with E-state index in [0.29, 0.717) is 12.1 Å². The third-order valence-electron chi connectivity index (χ3n) is 3.57. The summed E-state index contributed by atoms with van der Waals surface area (Å²) < 4.78 is 14.0. The zero-order chi connectivity index (χ0) is 14.5. The van der Waals surface area contributed by atoms with Crippen molar-refractivity contribution < 1.29 is 4.39 Å². The highest BCUT2D eigenvalue weighted by atomic mass is 19.1. The van der Waals surface area contributed by atoms with Crippen molar-refractivity contribution in [3.63, 3.8) is 0 Å².